The molecule has 0 bridgehead atoms. The Balaban J connectivity index is 1.73. The first-order chi connectivity index (χ1) is 10.5. The standard InChI is InChI=1S/C17H24N4O/c1-12-6-8-21-15-11-13(17(22)18-7-9-20(2)3)4-5-14(15)19-16(21)10-12/h6,8,10,13H,4-5,7,9,11H2,1-3H3,(H,18,22). The Bertz CT molecular complexity index is 689. The predicted molar refractivity (Wildman–Crippen MR) is 87.0 cm³/mol. The summed E-state index contributed by atoms with van der Waals surface area (Å²) in [6, 6.07) is 4.19. The highest BCUT2D eigenvalue weighted by Gasteiger charge is 2.27. The van der Waals surface area contributed by atoms with Crippen molar-refractivity contribution in [3.63, 3.8) is 0 Å². The topological polar surface area (TPSA) is 49.6 Å². The van der Waals surface area contributed by atoms with Gasteiger partial charge in [0.05, 0.1) is 5.69 Å². The number of aryl methyl sites for hydroxylation is 2. The van der Waals surface area contributed by atoms with Gasteiger partial charge in [-0.2, -0.15) is 0 Å². The highest BCUT2D eigenvalue weighted by molar-refractivity contribution is 5.79. The highest BCUT2D eigenvalue weighted by atomic mass is 16.1. The first kappa shape index (κ1) is 15.0. The van der Waals surface area contributed by atoms with Gasteiger partial charge in [0.1, 0.15) is 5.65 Å². The van der Waals surface area contributed by atoms with Gasteiger partial charge in [-0.1, -0.05) is 0 Å². The van der Waals surface area contributed by atoms with Crippen LogP contribution in [0.5, 0.6) is 0 Å². The second-order valence-electron chi connectivity index (χ2n) is 6.47. The quantitative estimate of drug-likeness (QED) is 0.929. The minimum atomic E-state index is 0.0656. The van der Waals surface area contributed by atoms with E-state index in [0.29, 0.717) is 6.54 Å². The number of carbonyl (C=O) groups is 1. The van der Waals surface area contributed by atoms with E-state index in [1.54, 1.807) is 0 Å². The molecule has 5 heteroatoms. The smallest absolute Gasteiger partial charge is 0.223 e. The van der Waals surface area contributed by atoms with Crippen molar-refractivity contribution in [1.29, 1.82) is 0 Å². The summed E-state index contributed by atoms with van der Waals surface area (Å²) < 4.78 is 2.14. The number of imidazole rings is 1. The third-order valence-corrected chi connectivity index (χ3v) is 4.36. The zero-order valence-electron chi connectivity index (χ0n) is 13.6. The van der Waals surface area contributed by atoms with Crippen LogP contribution >= 0.6 is 0 Å². The Kier molecular flexibility index (Phi) is 4.16. The van der Waals surface area contributed by atoms with Crippen LogP contribution < -0.4 is 5.32 Å². The minimum Gasteiger partial charge on any atom is -0.355 e. The summed E-state index contributed by atoms with van der Waals surface area (Å²) in [5, 5.41) is 3.05. The lowest BCUT2D eigenvalue weighted by Gasteiger charge is -2.21. The number of hydrogen-bond donors (Lipinski definition) is 1. The fraction of sp³-hybridized carbons (Fsp3) is 0.529. The van der Waals surface area contributed by atoms with Crippen molar-refractivity contribution in [2.45, 2.75) is 26.2 Å². The molecule has 0 radical (unpaired) electrons. The number of fused-ring (bicyclic) bond motifs is 3. The molecule has 1 unspecified atom stereocenters. The number of rotatable bonds is 4. The molecule has 0 saturated carbocycles. The number of hydrogen-bond acceptors (Lipinski definition) is 3. The van der Waals surface area contributed by atoms with Gasteiger partial charge >= 0.3 is 0 Å². The number of pyridine rings is 1. The third-order valence-electron chi connectivity index (χ3n) is 4.36. The molecule has 0 saturated heterocycles. The molecule has 1 amide bonds. The summed E-state index contributed by atoms with van der Waals surface area (Å²) in [7, 11) is 4.03. The lowest BCUT2D eigenvalue weighted by Crippen LogP contribution is -2.37. The molecule has 2 aromatic rings. The SMILES string of the molecule is Cc1ccn2c3c(nc2c1)CCC(C(=O)NCCN(C)C)C3. The second-order valence-corrected chi connectivity index (χ2v) is 6.47. The summed E-state index contributed by atoms with van der Waals surface area (Å²) in [4.78, 5) is 19.1. The van der Waals surface area contributed by atoms with E-state index in [0.717, 1.165) is 37.1 Å². The van der Waals surface area contributed by atoms with Crippen molar-refractivity contribution >= 4 is 11.6 Å². The predicted octanol–water partition coefficient (Wildman–Crippen LogP) is 1.43. The number of aromatic nitrogens is 2. The van der Waals surface area contributed by atoms with Crippen LogP contribution in [0.4, 0.5) is 0 Å². The van der Waals surface area contributed by atoms with E-state index >= 15 is 0 Å². The monoisotopic (exact) mass is 300 g/mol. The van der Waals surface area contributed by atoms with E-state index in [-0.39, 0.29) is 11.8 Å². The number of nitrogens with zero attached hydrogens (tertiary/aromatic N) is 3. The molecule has 1 aliphatic rings. The molecule has 0 spiro atoms. The summed E-state index contributed by atoms with van der Waals surface area (Å²) >= 11 is 0. The molecule has 22 heavy (non-hydrogen) atoms. The molecule has 1 atom stereocenters. The maximum atomic E-state index is 12.3. The Morgan fingerprint density at radius 3 is 3.09 bits per heavy atom. The fourth-order valence-electron chi connectivity index (χ4n) is 3.08. The molecule has 1 aliphatic carbocycles. The van der Waals surface area contributed by atoms with Gasteiger partial charge in [0.25, 0.3) is 0 Å². The van der Waals surface area contributed by atoms with Gasteiger partial charge in [-0.3, -0.25) is 4.79 Å². The van der Waals surface area contributed by atoms with Gasteiger partial charge in [-0.05, 0) is 51.6 Å². The van der Waals surface area contributed by atoms with Gasteiger partial charge in [0, 0.05) is 37.3 Å². The van der Waals surface area contributed by atoms with E-state index in [1.807, 2.05) is 14.1 Å². The first-order valence-corrected chi connectivity index (χ1v) is 7.93. The van der Waals surface area contributed by atoms with Crippen LogP contribution in [0.1, 0.15) is 23.4 Å². The Hall–Kier alpha value is -1.88. The van der Waals surface area contributed by atoms with E-state index in [2.05, 4.69) is 39.9 Å². The molecular weight excluding hydrogens is 276 g/mol. The largest absolute Gasteiger partial charge is 0.355 e. The number of likely N-dealkylation sites (N-methyl/N-ethyl adjacent to an activating group) is 1. The van der Waals surface area contributed by atoms with Crippen LogP contribution in [0.25, 0.3) is 5.65 Å². The van der Waals surface area contributed by atoms with Gasteiger partial charge in [-0.25, -0.2) is 4.98 Å². The molecule has 0 fully saturated rings. The maximum Gasteiger partial charge on any atom is 0.223 e. The van der Waals surface area contributed by atoms with Crippen LogP contribution in [0, 0.1) is 12.8 Å². The molecular formula is C17H24N4O. The van der Waals surface area contributed by atoms with E-state index in [9.17, 15) is 4.79 Å². The van der Waals surface area contributed by atoms with Crippen LogP contribution in [0.3, 0.4) is 0 Å². The number of carbonyl (C=O) groups excluding carboxylic acids is 1. The zero-order chi connectivity index (χ0) is 15.7. The molecule has 3 rings (SSSR count). The van der Waals surface area contributed by atoms with Crippen LogP contribution in [-0.2, 0) is 17.6 Å². The van der Waals surface area contributed by atoms with Crippen molar-refractivity contribution in [3.8, 4) is 0 Å². The van der Waals surface area contributed by atoms with Crippen LogP contribution in [0.15, 0.2) is 18.3 Å². The number of amides is 1. The van der Waals surface area contributed by atoms with Crippen molar-refractivity contribution in [1.82, 2.24) is 19.6 Å². The summed E-state index contributed by atoms with van der Waals surface area (Å²) in [5.74, 6) is 0.241. The Labute approximate surface area is 131 Å². The minimum absolute atomic E-state index is 0.0656. The van der Waals surface area contributed by atoms with E-state index < -0.39 is 0 Å². The van der Waals surface area contributed by atoms with Crippen molar-refractivity contribution in [3.05, 3.63) is 35.3 Å². The average molecular weight is 300 g/mol. The molecule has 5 nitrogen and oxygen atoms in total. The molecule has 2 heterocycles. The van der Waals surface area contributed by atoms with E-state index in [4.69, 9.17) is 4.98 Å². The van der Waals surface area contributed by atoms with Gasteiger partial charge in [-0.15, -0.1) is 0 Å². The molecule has 0 aromatic carbocycles. The second kappa shape index (κ2) is 6.08. The maximum absolute atomic E-state index is 12.3. The van der Waals surface area contributed by atoms with E-state index in [1.165, 1.54) is 11.3 Å². The molecule has 118 valence electrons. The Morgan fingerprint density at radius 1 is 1.50 bits per heavy atom. The first-order valence-electron chi connectivity index (χ1n) is 7.93. The zero-order valence-corrected chi connectivity index (χ0v) is 13.6. The van der Waals surface area contributed by atoms with Crippen LogP contribution in [0.2, 0.25) is 0 Å². The normalized spacial score (nSPS) is 17.7. The van der Waals surface area contributed by atoms with Crippen molar-refractivity contribution < 1.29 is 4.79 Å². The van der Waals surface area contributed by atoms with Crippen molar-refractivity contribution in [2.24, 2.45) is 5.92 Å². The lowest BCUT2D eigenvalue weighted by atomic mass is 9.89. The number of nitrogens with one attached hydrogen (secondary N) is 1. The van der Waals surface area contributed by atoms with Gasteiger partial charge < -0.3 is 14.6 Å². The fourth-order valence-corrected chi connectivity index (χ4v) is 3.08. The summed E-state index contributed by atoms with van der Waals surface area (Å²) in [6.07, 6.45) is 4.64. The average Bonchev–Trinajstić information content (AvgIpc) is 2.83. The Morgan fingerprint density at radius 2 is 2.32 bits per heavy atom. The van der Waals surface area contributed by atoms with Crippen molar-refractivity contribution in [2.75, 3.05) is 27.2 Å². The third kappa shape index (κ3) is 2.99. The lowest BCUT2D eigenvalue weighted by molar-refractivity contribution is -0.125. The van der Waals surface area contributed by atoms with Gasteiger partial charge in [0.2, 0.25) is 5.91 Å². The molecule has 2 aromatic heterocycles. The van der Waals surface area contributed by atoms with Gasteiger partial charge in [0.15, 0.2) is 0 Å². The molecule has 1 N–H and O–H groups in total. The van der Waals surface area contributed by atoms with Crippen LogP contribution in [-0.4, -0.2) is 47.4 Å². The molecule has 0 aliphatic heterocycles. The summed E-state index contributed by atoms with van der Waals surface area (Å²) in [5.41, 5.74) is 4.57. The highest BCUT2D eigenvalue weighted by Crippen LogP contribution is 2.26. The summed E-state index contributed by atoms with van der Waals surface area (Å²) in [6.45, 7) is 3.66.